The van der Waals surface area contributed by atoms with Gasteiger partial charge in [0.25, 0.3) is 0 Å². The highest BCUT2D eigenvalue weighted by atomic mass is 16.2. The summed E-state index contributed by atoms with van der Waals surface area (Å²) in [6.07, 6.45) is 1.82. The van der Waals surface area contributed by atoms with Gasteiger partial charge in [0, 0.05) is 45.8 Å². The fourth-order valence-corrected chi connectivity index (χ4v) is 3.72. The van der Waals surface area contributed by atoms with E-state index in [9.17, 15) is 4.79 Å². The van der Waals surface area contributed by atoms with E-state index in [0.717, 1.165) is 57.3 Å². The van der Waals surface area contributed by atoms with Gasteiger partial charge in [0.1, 0.15) is 5.82 Å². The summed E-state index contributed by atoms with van der Waals surface area (Å²) in [6, 6.07) is 10.7. The molecule has 0 bridgehead atoms. The van der Waals surface area contributed by atoms with Crippen molar-refractivity contribution < 1.29 is 4.79 Å². The van der Waals surface area contributed by atoms with Crippen LogP contribution in [0, 0.1) is 6.92 Å². The number of carbonyl (C=O) groups excluding carboxylic acids is 1. The van der Waals surface area contributed by atoms with Gasteiger partial charge in [-0.05, 0) is 12.5 Å². The molecule has 1 amide bonds. The van der Waals surface area contributed by atoms with Crippen molar-refractivity contribution in [3.63, 3.8) is 0 Å². The van der Waals surface area contributed by atoms with Crippen molar-refractivity contribution in [2.24, 2.45) is 0 Å². The molecule has 2 aliphatic heterocycles. The van der Waals surface area contributed by atoms with E-state index in [-0.39, 0.29) is 6.03 Å². The molecule has 6 heteroatoms. The summed E-state index contributed by atoms with van der Waals surface area (Å²) in [7, 11) is 0. The zero-order valence-electron chi connectivity index (χ0n) is 14.8. The quantitative estimate of drug-likeness (QED) is 0.833. The summed E-state index contributed by atoms with van der Waals surface area (Å²) in [5.74, 6) is 0.789. The Balaban J connectivity index is 1.23. The van der Waals surface area contributed by atoms with Gasteiger partial charge in [0.15, 0.2) is 0 Å². The van der Waals surface area contributed by atoms with Crippen LogP contribution in [-0.2, 0) is 13.1 Å². The zero-order valence-corrected chi connectivity index (χ0v) is 14.8. The topological polar surface area (TPSA) is 44.6 Å². The van der Waals surface area contributed by atoms with Crippen LogP contribution in [0.3, 0.4) is 0 Å². The van der Waals surface area contributed by atoms with E-state index in [0.29, 0.717) is 6.54 Å². The number of hydrogen-bond donors (Lipinski definition) is 0. The number of piperazine rings is 1. The van der Waals surface area contributed by atoms with Gasteiger partial charge in [-0.15, -0.1) is 0 Å². The van der Waals surface area contributed by atoms with E-state index in [1.807, 2.05) is 18.0 Å². The van der Waals surface area contributed by atoms with Crippen molar-refractivity contribution in [3.8, 4) is 0 Å². The molecule has 4 rings (SSSR count). The lowest BCUT2D eigenvalue weighted by Gasteiger charge is -2.35. The molecule has 132 valence electrons. The van der Waals surface area contributed by atoms with Crippen LogP contribution in [0.1, 0.15) is 17.1 Å². The monoisotopic (exact) mass is 339 g/mol. The SMILES string of the molecule is Cc1ncc2n1C(=O)N(CCN1CCN(Cc3ccccc3)CC1)C2. The minimum atomic E-state index is 0.0766. The Morgan fingerprint density at radius 1 is 1.00 bits per heavy atom. The average Bonchev–Trinajstić information content (AvgIpc) is 3.15. The Morgan fingerprint density at radius 3 is 2.44 bits per heavy atom. The fraction of sp³-hybridized carbons (Fsp3) is 0.474. The number of benzene rings is 1. The van der Waals surface area contributed by atoms with Crippen LogP contribution in [0.5, 0.6) is 0 Å². The van der Waals surface area contributed by atoms with Gasteiger partial charge in [-0.1, -0.05) is 30.3 Å². The number of aromatic nitrogens is 2. The Kier molecular flexibility index (Phi) is 4.55. The predicted molar refractivity (Wildman–Crippen MR) is 96.3 cm³/mol. The van der Waals surface area contributed by atoms with Crippen LogP contribution in [0.4, 0.5) is 4.79 Å². The van der Waals surface area contributed by atoms with E-state index in [1.54, 1.807) is 4.57 Å². The minimum Gasteiger partial charge on any atom is -0.317 e. The molecular formula is C19H25N5O. The van der Waals surface area contributed by atoms with Crippen molar-refractivity contribution >= 4 is 6.03 Å². The number of hydrogen-bond acceptors (Lipinski definition) is 4. The first-order chi connectivity index (χ1) is 12.2. The highest BCUT2D eigenvalue weighted by Gasteiger charge is 2.29. The van der Waals surface area contributed by atoms with Crippen LogP contribution >= 0.6 is 0 Å². The summed E-state index contributed by atoms with van der Waals surface area (Å²) < 4.78 is 1.73. The molecule has 0 radical (unpaired) electrons. The molecule has 1 aromatic heterocycles. The summed E-state index contributed by atoms with van der Waals surface area (Å²) in [5.41, 5.74) is 2.39. The summed E-state index contributed by atoms with van der Waals surface area (Å²) in [6.45, 7) is 9.66. The van der Waals surface area contributed by atoms with Crippen molar-refractivity contribution in [2.75, 3.05) is 39.3 Å². The Bertz CT molecular complexity index is 734. The van der Waals surface area contributed by atoms with E-state index in [1.165, 1.54) is 5.56 Å². The predicted octanol–water partition coefficient (Wildman–Crippen LogP) is 1.79. The third kappa shape index (κ3) is 3.45. The molecule has 2 aliphatic rings. The zero-order chi connectivity index (χ0) is 17.2. The second-order valence-corrected chi connectivity index (χ2v) is 6.94. The van der Waals surface area contributed by atoms with Crippen molar-refractivity contribution in [1.29, 1.82) is 0 Å². The molecule has 0 atom stereocenters. The Morgan fingerprint density at radius 2 is 1.72 bits per heavy atom. The van der Waals surface area contributed by atoms with Gasteiger partial charge in [-0.25, -0.2) is 9.78 Å². The van der Waals surface area contributed by atoms with Crippen LogP contribution in [0.15, 0.2) is 36.5 Å². The highest BCUT2D eigenvalue weighted by Crippen LogP contribution is 2.18. The molecule has 6 nitrogen and oxygen atoms in total. The molecule has 1 saturated heterocycles. The third-order valence-corrected chi connectivity index (χ3v) is 5.23. The molecule has 1 fully saturated rings. The molecule has 0 N–H and O–H groups in total. The number of aryl methyl sites for hydroxylation is 1. The second-order valence-electron chi connectivity index (χ2n) is 6.94. The maximum Gasteiger partial charge on any atom is 0.330 e. The maximum atomic E-state index is 12.4. The number of rotatable bonds is 5. The van der Waals surface area contributed by atoms with Gasteiger partial charge in [0.2, 0.25) is 0 Å². The van der Waals surface area contributed by atoms with E-state index >= 15 is 0 Å². The lowest BCUT2D eigenvalue weighted by atomic mass is 10.2. The van der Waals surface area contributed by atoms with Crippen molar-refractivity contribution in [1.82, 2.24) is 24.3 Å². The summed E-state index contributed by atoms with van der Waals surface area (Å²) >= 11 is 0. The lowest BCUT2D eigenvalue weighted by Crippen LogP contribution is -2.48. The van der Waals surface area contributed by atoms with E-state index in [2.05, 4.69) is 45.1 Å². The molecule has 0 spiro atoms. The molecule has 0 saturated carbocycles. The molecule has 25 heavy (non-hydrogen) atoms. The minimum absolute atomic E-state index is 0.0766. The number of amides is 1. The Labute approximate surface area is 148 Å². The van der Waals surface area contributed by atoms with Crippen LogP contribution in [-0.4, -0.2) is 69.6 Å². The molecule has 2 aromatic rings. The van der Waals surface area contributed by atoms with Crippen LogP contribution in [0.2, 0.25) is 0 Å². The second kappa shape index (κ2) is 6.98. The van der Waals surface area contributed by atoms with Gasteiger partial charge in [-0.2, -0.15) is 0 Å². The summed E-state index contributed by atoms with van der Waals surface area (Å²) in [4.78, 5) is 23.5. The number of carbonyl (C=O) groups is 1. The maximum absolute atomic E-state index is 12.4. The molecule has 1 aromatic carbocycles. The first-order valence-electron chi connectivity index (χ1n) is 9.02. The van der Waals surface area contributed by atoms with E-state index < -0.39 is 0 Å². The third-order valence-electron chi connectivity index (χ3n) is 5.23. The highest BCUT2D eigenvalue weighted by molar-refractivity contribution is 5.80. The van der Waals surface area contributed by atoms with Crippen molar-refractivity contribution in [3.05, 3.63) is 53.6 Å². The smallest absolute Gasteiger partial charge is 0.317 e. The number of fused-ring (bicyclic) bond motifs is 1. The van der Waals surface area contributed by atoms with Gasteiger partial charge in [-0.3, -0.25) is 14.4 Å². The summed E-state index contributed by atoms with van der Waals surface area (Å²) in [5, 5.41) is 0. The first kappa shape index (κ1) is 16.3. The molecule has 3 heterocycles. The van der Waals surface area contributed by atoms with E-state index in [4.69, 9.17) is 0 Å². The van der Waals surface area contributed by atoms with Crippen LogP contribution < -0.4 is 0 Å². The Hall–Kier alpha value is -2.18. The van der Waals surface area contributed by atoms with Crippen molar-refractivity contribution in [2.45, 2.75) is 20.0 Å². The first-order valence-corrected chi connectivity index (χ1v) is 9.02. The number of imidazole rings is 1. The normalized spacial score (nSPS) is 18.8. The molecule has 0 unspecified atom stereocenters. The number of nitrogens with zero attached hydrogens (tertiary/aromatic N) is 5. The average molecular weight is 339 g/mol. The largest absolute Gasteiger partial charge is 0.330 e. The van der Waals surface area contributed by atoms with Crippen LogP contribution in [0.25, 0.3) is 0 Å². The fourth-order valence-electron chi connectivity index (χ4n) is 3.72. The van der Waals surface area contributed by atoms with Gasteiger partial charge in [0.05, 0.1) is 18.4 Å². The van der Waals surface area contributed by atoms with Gasteiger partial charge >= 0.3 is 6.03 Å². The standard InChI is InChI=1S/C19H25N5O/c1-16-20-13-18-15-23(19(25)24(16)18)12-11-21-7-9-22(10-8-21)14-17-5-3-2-4-6-17/h2-6,13H,7-12,14-15H2,1H3. The van der Waals surface area contributed by atoms with Gasteiger partial charge < -0.3 is 4.90 Å². The molecule has 0 aliphatic carbocycles. The molecular weight excluding hydrogens is 314 g/mol. The lowest BCUT2D eigenvalue weighted by molar-refractivity contribution is 0.118.